The number of hydrogen-bond acceptors (Lipinski definition) is 3. The van der Waals surface area contributed by atoms with Crippen LogP contribution >= 0.6 is 0 Å². The van der Waals surface area contributed by atoms with Crippen molar-refractivity contribution in [2.24, 2.45) is 0 Å². The molecule has 1 saturated heterocycles. The Morgan fingerprint density at radius 2 is 1.76 bits per heavy atom. The van der Waals surface area contributed by atoms with Gasteiger partial charge >= 0.3 is 0 Å². The lowest BCUT2D eigenvalue weighted by molar-refractivity contribution is -0.160. The van der Waals surface area contributed by atoms with Gasteiger partial charge in [0, 0.05) is 12.8 Å². The summed E-state index contributed by atoms with van der Waals surface area (Å²) < 4.78 is 14.1. The van der Waals surface area contributed by atoms with Crippen molar-refractivity contribution in [3.05, 3.63) is 35.9 Å². The third kappa shape index (κ3) is 3.45. The molecule has 0 aliphatic carbocycles. The molecule has 1 aliphatic rings. The second-order valence-corrected chi connectivity index (χ2v) is 4.99. The molecule has 21 heavy (non-hydrogen) atoms. The topological polar surface area (TPSA) is 66.5 Å². The fourth-order valence-electron chi connectivity index (χ4n) is 2.25. The molecular weight excluding hydrogens is 275 g/mol. The quantitative estimate of drug-likeness (QED) is 0.678. The molecule has 2 atom stereocenters. The van der Waals surface area contributed by atoms with Crippen molar-refractivity contribution in [1.82, 2.24) is 10.2 Å². The summed E-state index contributed by atoms with van der Waals surface area (Å²) in [6, 6.07) is 8.64. The van der Waals surface area contributed by atoms with Crippen LogP contribution in [-0.2, 0) is 14.4 Å². The second-order valence-electron chi connectivity index (χ2n) is 4.99. The predicted molar refractivity (Wildman–Crippen MR) is 73.6 cm³/mol. The number of amides is 3. The van der Waals surface area contributed by atoms with E-state index >= 15 is 0 Å². The Bertz CT molecular complexity index is 531. The van der Waals surface area contributed by atoms with E-state index in [2.05, 4.69) is 5.32 Å². The predicted octanol–water partition coefficient (Wildman–Crippen LogP) is 1.70. The molecule has 1 aromatic carbocycles. The van der Waals surface area contributed by atoms with Crippen molar-refractivity contribution in [1.29, 1.82) is 0 Å². The number of benzene rings is 1. The third-order valence-corrected chi connectivity index (χ3v) is 3.42. The average molecular weight is 292 g/mol. The van der Waals surface area contributed by atoms with Crippen LogP contribution in [0.4, 0.5) is 4.39 Å². The minimum atomic E-state index is -2.27. The number of halogens is 1. The van der Waals surface area contributed by atoms with Gasteiger partial charge in [0.2, 0.25) is 11.8 Å². The summed E-state index contributed by atoms with van der Waals surface area (Å²) in [6.07, 6.45) is -1.68. The largest absolute Gasteiger partial charge is 0.345 e. The molecule has 0 saturated carbocycles. The molecule has 1 N–H and O–H groups in total. The Kier molecular flexibility index (Phi) is 4.67. The first-order valence-corrected chi connectivity index (χ1v) is 6.85. The summed E-state index contributed by atoms with van der Waals surface area (Å²) in [5.41, 5.74) is 0.814. The van der Waals surface area contributed by atoms with Gasteiger partial charge in [-0.05, 0) is 18.9 Å². The van der Waals surface area contributed by atoms with Crippen molar-refractivity contribution >= 4 is 17.7 Å². The second kappa shape index (κ2) is 6.47. The molecule has 0 spiro atoms. The molecule has 1 fully saturated rings. The molecular formula is C15H17FN2O3. The van der Waals surface area contributed by atoms with Gasteiger partial charge in [0.25, 0.3) is 12.2 Å². The van der Waals surface area contributed by atoms with E-state index in [9.17, 15) is 18.8 Å². The van der Waals surface area contributed by atoms with Crippen LogP contribution in [0.25, 0.3) is 0 Å². The number of rotatable bonds is 4. The molecule has 6 heteroatoms. The number of nitrogens with one attached hydrogen (secondary N) is 1. The van der Waals surface area contributed by atoms with Gasteiger partial charge in [0.05, 0.1) is 6.04 Å². The minimum Gasteiger partial charge on any atom is -0.345 e. The Balaban J connectivity index is 2.02. The van der Waals surface area contributed by atoms with Crippen LogP contribution in [0.15, 0.2) is 30.3 Å². The zero-order valence-corrected chi connectivity index (χ0v) is 11.7. The van der Waals surface area contributed by atoms with Crippen LogP contribution in [0.3, 0.4) is 0 Å². The van der Waals surface area contributed by atoms with E-state index in [1.807, 2.05) is 18.2 Å². The highest BCUT2D eigenvalue weighted by Crippen LogP contribution is 2.18. The summed E-state index contributed by atoms with van der Waals surface area (Å²) >= 11 is 0. The van der Waals surface area contributed by atoms with Crippen molar-refractivity contribution < 1.29 is 18.8 Å². The number of alkyl halides is 1. The van der Waals surface area contributed by atoms with Crippen LogP contribution in [-0.4, -0.2) is 28.9 Å². The molecule has 3 amide bonds. The van der Waals surface area contributed by atoms with E-state index in [0.717, 1.165) is 5.56 Å². The van der Waals surface area contributed by atoms with E-state index in [0.29, 0.717) is 11.3 Å². The standard InChI is InChI=1S/C15H17FN2O3/c1-10(11-6-3-2-4-7-11)17-15(21)14(16)18-12(19)8-5-9-13(18)20/h2-4,6-7,10,14H,5,8-9H2,1H3,(H,17,21)/t10-,14+/m0/s1. The van der Waals surface area contributed by atoms with Gasteiger partial charge in [-0.1, -0.05) is 30.3 Å². The highest BCUT2D eigenvalue weighted by atomic mass is 19.1. The van der Waals surface area contributed by atoms with Gasteiger partial charge in [-0.15, -0.1) is 0 Å². The average Bonchev–Trinajstić information content (AvgIpc) is 2.47. The number of imide groups is 1. The SMILES string of the molecule is C[C@H](NC(=O)[C@H](F)N1C(=O)CCCC1=O)c1ccccc1. The van der Waals surface area contributed by atoms with Gasteiger partial charge in [0.15, 0.2) is 0 Å². The van der Waals surface area contributed by atoms with Crippen LogP contribution in [0, 0.1) is 0 Å². The summed E-state index contributed by atoms with van der Waals surface area (Å²) in [7, 11) is 0. The number of piperidine rings is 1. The van der Waals surface area contributed by atoms with Gasteiger partial charge in [-0.25, -0.2) is 9.29 Å². The molecule has 0 radical (unpaired) electrons. The Hall–Kier alpha value is -2.24. The van der Waals surface area contributed by atoms with Crippen molar-refractivity contribution in [3.63, 3.8) is 0 Å². The lowest BCUT2D eigenvalue weighted by Gasteiger charge is -2.28. The number of likely N-dealkylation sites (tertiary alicyclic amines) is 1. The lowest BCUT2D eigenvalue weighted by Crippen LogP contribution is -2.52. The third-order valence-electron chi connectivity index (χ3n) is 3.42. The number of carbonyl (C=O) groups excluding carboxylic acids is 3. The van der Waals surface area contributed by atoms with Crippen LogP contribution in [0.1, 0.15) is 37.8 Å². The van der Waals surface area contributed by atoms with E-state index in [1.54, 1.807) is 19.1 Å². The maximum absolute atomic E-state index is 14.1. The molecule has 112 valence electrons. The fraction of sp³-hybridized carbons (Fsp3) is 0.400. The van der Waals surface area contributed by atoms with Gasteiger partial charge in [-0.3, -0.25) is 14.4 Å². The summed E-state index contributed by atoms with van der Waals surface area (Å²) in [6.45, 7) is 1.71. The number of hydrogen-bond donors (Lipinski definition) is 1. The molecule has 1 aromatic rings. The number of nitrogens with zero attached hydrogens (tertiary/aromatic N) is 1. The number of carbonyl (C=O) groups is 3. The molecule has 0 bridgehead atoms. The lowest BCUT2D eigenvalue weighted by atomic mass is 10.1. The fourth-order valence-corrected chi connectivity index (χ4v) is 2.25. The first-order valence-electron chi connectivity index (χ1n) is 6.85. The molecule has 5 nitrogen and oxygen atoms in total. The first kappa shape index (κ1) is 15.2. The molecule has 2 rings (SSSR count). The van der Waals surface area contributed by atoms with E-state index in [4.69, 9.17) is 0 Å². The van der Waals surface area contributed by atoms with E-state index < -0.39 is 30.1 Å². The normalized spacial score (nSPS) is 18.3. The first-order chi connectivity index (χ1) is 10.0. The summed E-state index contributed by atoms with van der Waals surface area (Å²) in [5.74, 6) is -2.25. The van der Waals surface area contributed by atoms with Gasteiger partial charge in [-0.2, -0.15) is 0 Å². The van der Waals surface area contributed by atoms with Gasteiger partial charge in [0.1, 0.15) is 0 Å². The van der Waals surface area contributed by atoms with Crippen LogP contribution in [0.2, 0.25) is 0 Å². The van der Waals surface area contributed by atoms with Crippen molar-refractivity contribution in [3.8, 4) is 0 Å². The molecule has 0 unspecified atom stereocenters. The zero-order chi connectivity index (χ0) is 15.4. The molecule has 1 heterocycles. The highest BCUT2D eigenvalue weighted by Gasteiger charge is 2.37. The Morgan fingerprint density at radius 1 is 1.19 bits per heavy atom. The smallest absolute Gasteiger partial charge is 0.276 e. The van der Waals surface area contributed by atoms with E-state index in [1.165, 1.54) is 0 Å². The Morgan fingerprint density at radius 3 is 2.33 bits per heavy atom. The monoisotopic (exact) mass is 292 g/mol. The maximum atomic E-state index is 14.1. The minimum absolute atomic E-state index is 0.0910. The van der Waals surface area contributed by atoms with Crippen LogP contribution in [0.5, 0.6) is 0 Å². The highest BCUT2D eigenvalue weighted by molar-refractivity contribution is 6.01. The molecule has 1 aliphatic heterocycles. The van der Waals surface area contributed by atoms with Crippen LogP contribution < -0.4 is 5.32 Å². The molecule has 0 aromatic heterocycles. The van der Waals surface area contributed by atoms with E-state index in [-0.39, 0.29) is 12.8 Å². The Labute approximate surface area is 122 Å². The summed E-state index contributed by atoms with van der Waals surface area (Å²) in [5, 5.41) is 2.47. The van der Waals surface area contributed by atoms with Crippen molar-refractivity contribution in [2.75, 3.05) is 0 Å². The van der Waals surface area contributed by atoms with Crippen molar-refractivity contribution in [2.45, 2.75) is 38.5 Å². The maximum Gasteiger partial charge on any atom is 0.276 e. The van der Waals surface area contributed by atoms with Gasteiger partial charge < -0.3 is 5.32 Å². The zero-order valence-electron chi connectivity index (χ0n) is 11.7. The summed E-state index contributed by atoms with van der Waals surface area (Å²) in [4.78, 5) is 35.5.